The highest BCUT2D eigenvalue weighted by atomic mass is 16.5. The number of hydrogen-bond acceptors (Lipinski definition) is 3. The Hall–Kier alpha value is -2.30. The van der Waals surface area contributed by atoms with Gasteiger partial charge in [-0.15, -0.1) is 0 Å². The highest BCUT2D eigenvalue weighted by Crippen LogP contribution is 2.27. The van der Waals surface area contributed by atoms with E-state index >= 15 is 0 Å². The van der Waals surface area contributed by atoms with Gasteiger partial charge in [0.05, 0.1) is 12.8 Å². The molecule has 0 saturated heterocycles. The molecule has 1 amide bonds. The average molecular weight is 232 g/mol. The van der Waals surface area contributed by atoms with Gasteiger partial charge in [-0.05, 0) is 6.07 Å². The summed E-state index contributed by atoms with van der Waals surface area (Å²) in [5.41, 5.74) is 1.49. The van der Waals surface area contributed by atoms with Crippen molar-refractivity contribution in [1.29, 1.82) is 0 Å². The molecule has 5 heteroatoms. The summed E-state index contributed by atoms with van der Waals surface area (Å²) in [6.07, 6.45) is 0. The molecule has 0 aliphatic carbocycles. The number of methoxy groups -OCH3 is 1. The van der Waals surface area contributed by atoms with Crippen molar-refractivity contribution in [3.05, 3.63) is 30.0 Å². The highest BCUT2D eigenvalue weighted by molar-refractivity contribution is 6.10. The van der Waals surface area contributed by atoms with Crippen molar-refractivity contribution in [2.24, 2.45) is 0 Å². The van der Waals surface area contributed by atoms with Crippen LogP contribution in [0.5, 0.6) is 0 Å². The zero-order valence-electron chi connectivity index (χ0n) is 9.53. The SMILES string of the molecule is COC(=O)c1[nH]c2ccccc2c1NC(C)=O. The van der Waals surface area contributed by atoms with Crippen LogP contribution in [-0.2, 0) is 9.53 Å². The molecule has 2 aromatic rings. The summed E-state index contributed by atoms with van der Waals surface area (Å²) in [4.78, 5) is 25.7. The molecule has 0 unspecified atom stereocenters. The molecule has 0 saturated carbocycles. The Bertz CT molecular complexity index is 586. The Morgan fingerprint density at radius 1 is 1.29 bits per heavy atom. The summed E-state index contributed by atoms with van der Waals surface area (Å²) in [6.45, 7) is 1.39. The van der Waals surface area contributed by atoms with Crippen molar-refractivity contribution in [3.63, 3.8) is 0 Å². The maximum atomic E-state index is 11.6. The van der Waals surface area contributed by atoms with Crippen LogP contribution in [0.2, 0.25) is 0 Å². The van der Waals surface area contributed by atoms with Gasteiger partial charge < -0.3 is 15.0 Å². The second-order valence-electron chi connectivity index (χ2n) is 3.59. The lowest BCUT2D eigenvalue weighted by Crippen LogP contribution is -2.11. The number of benzene rings is 1. The van der Waals surface area contributed by atoms with Crippen LogP contribution in [0.25, 0.3) is 10.9 Å². The first-order valence-electron chi connectivity index (χ1n) is 5.10. The van der Waals surface area contributed by atoms with Gasteiger partial charge in [-0.1, -0.05) is 18.2 Å². The Morgan fingerprint density at radius 2 is 2.00 bits per heavy atom. The van der Waals surface area contributed by atoms with Gasteiger partial charge in [0.25, 0.3) is 0 Å². The van der Waals surface area contributed by atoms with Crippen molar-refractivity contribution in [2.45, 2.75) is 6.92 Å². The lowest BCUT2D eigenvalue weighted by molar-refractivity contribution is -0.114. The van der Waals surface area contributed by atoms with Crippen molar-refractivity contribution >= 4 is 28.5 Å². The summed E-state index contributed by atoms with van der Waals surface area (Å²) in [6, 6.07) is 7.33. The lowest BCUT2D eigenvalue weighted by Gasteiger charge is -2.03. The largest absolute Gasteiger partial charge is 0.464 e. The number of aromatic nitrogens is 1. The van der Waals surface area contributed by atoms with Crippen LogP contribution in [0.15, 0.2) is 24.3 Å². The lowest BCUT2D eigenvalue weighted by atomic mass is 10.2. The Kier molecular flexibility index (Phi) is 2.82. The molecule has 2 N–H and O–H groups in total. The standard InChI is InChI=1S/C12H12N2O3/c1-7(15)13-10-8-5-3-4-6-9(8)14-11(10)12(16)17-2/h3-6,14H,1-2H3,(H,13,15). The molecule has 0 aliphatic heterocycles. The van der Waals surface area contributed by atoms with Gasteiger partial charge >= 0.3 is 5.97 Å². The molecule has 0 bridgehead atoms. The molecule has 17 heavy (non-hydrogen) atoms. The average Bonchev–Trinajstić information content (AvgIpc) is 2.67. The molecule has 1 aromatic heterocycles. The zero-order valence-corrected chi connectivity index (χ0v) is 9.53. The van der Waals surface area contributed by atoms with Crippen LogP contribution in [0.4, 0.5) is 5.69 Å². The monoisotopic (exact) mass is 232 g/mol. The van der Waals surface area contributed by atoms with E-state index in [0.29, 0.717) is 5.69 Å². The van der Waals surface area contributed by atoms with E-state index < -0.39 is 5.97 Å². The molecule has 5 nitrogen and oxygen atoms in total. The van der Waals surface area contributed by atoms with E-state index in [9.17, 15) is 9.59 Å². The molecule has 0 spiro atoms. The van der Waals surface area contributed by atoms with Crippen molar-refractivity contribution in [1.82, 2.24) is 4.98 Å². The van der Waals surface area contributed by atoms with E-state index in [0.717, 1.165) is 10.9 Å². The summed E-state index contributed by atoms with van der Waals surface area (Å²) in [5, 5.41) is 3.42. The number of nitrogens with one attached hydrogen (secondary N) is 2. The van der Waals surface area contributed by atoms with E-state index in [1.165, 1.54) is 14.0 Å². The van der Waals surface area contributed by atoms with Crippen LogP contribution in [-0.4, -0.2) is 24.0 Å². The van der Waals surface area contributed by atoms with E-state index in [4.69, 9.17) is 0 Å². The minimum absolute atomic E-state index is 0.236. The second-order valence-corrected chi connectivity index (χ2v) is 3.59. The smallest absolute Gasteiger partial charge is 0.356 e. The number of anilines is 1. The number of fused-ring (bicyclic) bond motifs is 1. The van der Waals surface area contributed by atoms with Crippen molar-refractivity contribution < 1.29 is 14.3 Å². The van der Waals surface area contributed by atoms with Crippen LogP contribution >= 0.6 is 0 Å². The molecule has 1 heterocycles. The number of H-pyrrole nitrogens is 1. The summed E-state index contributed by atoms with van der Waals surface area (Å²) >= 11 is 0. The van der Waals surface area contributed by atoms with E-state index in [1.807, 2.05) is 24.3 Å². The maximum Gasteiger partial charge on any atom is 0.356 e. The van der Waals surface area contributed by atoms with Crippen LogP contribution in [0, 0.1) is 0 Å². The molecule has 2 rings (SSSR count). The van der Waals surface area contributed by atoms with E-state index in [-0.39, 0.29) is 11.6 Å². The number of aromatic amines is 1. The molecular weight excluding hydrogens is 220 g/mol. The first-order chi connectivity index (χ1) is 8.13. The Balaban J connectivity index is 2.64. The third-order valence-corrected chi connectivity index (χ3v) is 2.40. The van der Waals surface area contributed by atoms with Crippen LogP contribution in [0.1, 0.15) is 17.4 Å². The topological polar surface area (TPSA) is 71.2 Å². The molecule has 0 aliphatic rings. The third kappa shape index (κ3) is 1.99. The van der Waals surface area contributed by atoms with Gasteiger partial charge in [-0.2, -0.15) is 0 Å². The zero-order chi connectivity index (χ0) is 12.4. The fourth-order valence-corrected chi connectivity index (χ4v) is 1.70. The number of rotatable bonds is 2. The van der Waals surface area contributed by atoms with Gasteiger partial charge in [0.15, 0.2) is 0 Å². The van der Waals surface area contributed by atoms with Crippen LogP contribution < -0.4 is 5.32 Å². The molecular formula is C12H12N2O3. The van der Waals surface area contributed by atoms with Gasteiger partial charge in [0.2, 0.25) is 5.91 Å². The Labute approximate surface area is 97.8 Å². The van der Waals surface area contributed by atoms with Gasteiger partial charge in [-0.3, -0.25) is 4.79 Å². The Morgan fingerprint density at radius 3 is 2.65 bits per heavy atom. The fraction of sp³-hybridized carbons (Fsp3) is 0.167. The number of carbonyl (C=O) groups is 2. The predicted molar refractivity (Wildman–Crippen MR) is 63.9 cm³/mol. The highest BCUT2D eigenvalue weighted by Gasteiger charge is 2.18. The predicted octanol–water partition coefficient (Wildman–Crippen LogP) is 1.91. The number of carbonyl (C=O) groups excluding carboxylic acids is 2. The summed E-state index contributed by atoms with van der Waals surface area (Å²) in [5.74, 6) is -0.746. The summed E-state index contributed by atoms with van der Waals surface area (Å²) in [7, 11) is 1.30. The fourth-order valence-electron chi connectivity index (χ4n) is 1.70. The number of amides is 1. The first kappa shape index (κ1) is 11.2. The summed E-state index contributed by atoms with van der Waals surface area (Å²) < 4.78 is 4.67. The third-order valence-electron chi connectivity index (χ3n) is 2.40. The van der Waals surface area contributed by atoms with Gasteiger partial charge in [0, 0.05) is 17.8 Å². The number of hydrogen-bond donors (Lipinski definition) is 2. The molecule has 1 aromatic carbocycles. The van der Waals surface area contributed by atoms with Gasteiger partial charge in [0.1, 0.15) is 5.69 Å². The molecule has 88 valence electrons. The maximum absolute atomic E-state index is 11.6. The van der Waals surface area contributed by atoms with Crippen molar-refractivity contribution in [3.8, 4) is 0 Å². The number of para-hydroxylation sites is 1. The normalized spacial score (nSPS) is 10.2. The first-order valence-corrected chi connectivity index (χ1v) is 5.10. The quantitative estimate of drug-likeness (QED) is 0.777. The van der Waals surface area contributed by atoms with E-state index in [2.05, 4.69) is 15.0 Å². The minimum Gasteiger partial charge on any atom is -0.464 e. The van der Waals surface area contributed by atoms with Gasteiger partial charge in [-0.25, -0.2) is 4.79 Å². The number of ether oxygens (including phenoxy) is 1. The minimum atomic E-state index is -0.509. The van der Waals surface area contributed by atoms with Crippen LogP contribution in [0.3, 0.4) is 0 Å². The van der Waals surface area contributed by atoms with Crippen molar-refractivity contribution in [2.75, 3.05) is 12.4 Å². The molecule has 0 radical (unpaired) electrons. The second kappa shape index (κ2) is 4.29. The van der Waals surface area contributed by atoms with E-state index in [1.54, 1.807) is 0 Å². The molecule has 0 atom stereocenters. The molecule has 0 fully saturated rings. The number of esters is 1.